The zero-order valence-electron chi connectivity index (χ0n) is 11.9. The number of nitrogens with zero attached hydrogens (tertiary/aromatic N) is 3. The molecule has 0 unspecified atom stereocenters. The molecule has 0 radical (unpaired) electrons. The molecular weight excluding hydrogens is 242 g/mol. The lowest BCUT2D eigenvalue weighted by molar-refractivity contribution is -0.123. The Morgan fingerprint density at radius 2 is 1.47 bits per heavy atom. The van der Waals surface area contributed by atoms with Gasteiger partial charge in [-0.3, -0.25) is 4.79 Å². The first-order valence-electron chi connectivity index (χ1n) is 7.19. The van der Waals surface area contributed by atoms with Crippen LogP contribution in [0.25, 0.3) is 10.4 Å². The first kappa shape index (κ1) is 17.6. The molecule has 0 aliphatic heterocycles. The number of Topliss-reactive ketones (excluding diaryl/α,β-unsaturated/α-hetero) is 2. The molecule has 0 bridgehead atoms. The fraction of sp³-hybridized carbons (Fsp3) is 0.857. The minimum atomic E-state index is 0.0917. The Labute approximate surface area is 115 Å². The van der Waals surface area contributed by atoms with E-state index in [2.05, 4.69) is 10.0 Å². The molecule has 0 aromatic rings. The van der Waals surface area contributed by atoms with Crippen LogP contribution in [0.4, 0.5) is 0 Å². The molecule has 0 rings (SSSR count). The van der Waals surface area contributed by atoms with Gasteiger partial charge in [0.15, 0.2) is 0 Å². The molecule has 5 nitrogen and oxygen atoms in total. The number of azide groups is 1. The molecule has 108 valence electrons. The second-order valence-corrected chi connectivity index (χ2v) is 4.92. The van der Waals surface area contributed by atoms with E-state index in [1.807, 2.05) is 0 Å². The van der Waals surface area contributed by atoms with Gasteiger partial charge in [-0.05, 0) is 25.3 Å². The van der Waals surface area contributed by atoms with Crippen LogP contribution in [-0.4, -0.2) is 18.1 Å². The maximum absolute atomic E-state index is 11.4. The summed E-state index contributed by atoms with van der Waals surface area (Å²) >= 11 is 0. The van der Waals surface area contributed by atoms with Crippen molar-refractivity contribution >= 4 is 11.6 Å². The van der Waals surface area contributed by atoms with Crippen molar-refractivity contribution < 1.29 is 9.59 Å². The van der Waals surface area contributed by atoms with E-state index in [9.17, 15) is 9.59 Å². The summed E-state index contributed by atoms with van der Waals surface area (Å²) in [4.78, 5) is 24.8. The quantitative estimate of drug-likeness (QED) is 0.215. The molecule has 0 saturated carbocycles. The lowest BCUT2D eigenvalue weighted by atomic mass is 10.0. The molecule has 0 atom stereocenters. The predicted molar refractivity (Wildman–Crippen MR) is 75.9 cm³/mol. The molecule has 0 aliphatic carbocycles. The first-order chi connectivity index (χ1) is 9.16. The molecule has 0 aromatic heterocycles. The average molecular weight is 267 g/mol. The topological polar surface area (TPSA) is 82.9 Å². The van der Waals surface area contributed by atoms with E-state index in [0.29, 0.717) is 25.8 Å². The largest absolute Gasteiger partial charge is 0.300 e. The van der Waals surface area contributed by atoms with Crippen molar-refractivity contribution in [3.63, 3.8) is 0 Å². The molecule has 0 N–H and O–H groups in total. The van der Waals surface area contributed by atoms with Crippen LogP contribution in [0.1, 0.15) is 71.1 Å². The fourth-order valence-electron chi connectivity index (χ4n) is 1.87. The monoisotopic (exact) mass is 267 g/mol. The van der Waals surface area contributed by atoms with E-state index < -0.39 is 0 Å². The van der Waals surface area contributed by atoms with Crippen molar-refractivity contribution in [2.24, 2.45) is 5.11 Å². The van der Waals surface area contributed by atoms with Gasteiger partial charge in [0.2, 0.25) is 0 Å². The normalized spacial score (nSPS) is 9.95. The van der Waals surface area contributed by atoms with Gasteiger partial charge in [0.25, 0.3) is 0 Å². The highest BCUT2D eigenvalue weighted by Crippen LogP contribution is 2.10. The summed E-state index contributed by atoms with van der Waals surface area (Å²) in [6.07, 6.45) is 9.02. The van der Waals surface area contributed by atoms with Crippen molar-refractivity contribution in [2.75, 3.05) is 6.54 Å². The van der Waals surface area contributed by atoms with Crippen molar-refractivity contribution in [1.82, 2.24) is 0 Å². The van der Waals surface area contributed by atoms with Gasteiger partial charge in [0.05, 0.1) is 0 Å². The lowest BCUT2D eigenvalue weighted by Gasteiger charge is -2.01. The van der Waals surface area contributed by atoms with E-state index in [1.54, 1.807) is 0 Å². The molecule has 19 heavy (non-hydrogen) atoms. The first-order valence-corrected chi connectivity index (χ1v) is 7.19. The number of hydrogen-bond donors (Lipinski definition) is 0. The Kier molecular flexibility index (Phi) is 12.2. The Morgan fingerprint density at radius 1 is 0.895 bits per heavy atom. The van der Waals surface area contributed by atoms with Gasteiger partial charge in [-0.1, -0.05) is 37.2 Å². The van der Waals surface area contributed by atoms with Crippen LogP contribution in [0, 0.1) is 0 Å². The van der Waals surface area contributed by atoms with Crippen LogP contribution in [0.15, 0.2) is 5.11 Å². The summed E-state index contributed by atoms with van der Waals surface area (Å²) in [6, 6.07) is 0. The summed E-state index contributed by atoms with van der Waals surface area (Å²) in [5.74, 6) is 0.304. The van der Waals surface area contributed by atoms with Crippen molar-refractivity contribution in [2.45, 2.75) is 71.1 Å². The minimum Gasteiger partial charge on any atom is -0.300 e. The zero-order chi connectivity index (χ0) is 14.3. The van der Waals surface area contributed by atoms with E-state index in [0.717, 1.165) is 32.1 Å². The van der Waals surface area contributed by atoms with Crippen LogP contribution < -0.4 is 0 Å². The highest BCUT2D eigenvalue weighted by atomic mass is 16.1. The molecule has 0 saturated heterocycles. The summed E-state index contributed by atoms with van der Waals surface area (Å²) in [7, 11) is 0. The van der Waals surface area contributed by atoms with Gasteiger partial charge in [0.1, 0.15) is 11.6 Å². The third-order valence-corrected chi connectivity index (χ3v) is 3.03. The van der Waals surface area contributed by atoms with E-state index in [-0.39, 0.29) is 11.6 Å². The second-order valence-electron chi connectivity index (χ2n) is 4.92. The number of unbranched alkanes of at least 4 members (excludes halogenated alkanes) is 6. The van der Waals surface area contributed by atoms with Crippen LogP contribution >= 0.6 is 0 Å². The number of carbonyl (C=O) groups excluding carboxylic acids is 2. The summed E-state index contributed by atoms with van der Waals surface area (Å²) < 4.78 is 0. The van der Waals surface area contributed by atoms with Gasteiger partial charge in [-0.25, -0.2) is 0 Å². The van der Waals surface area contributed by atoms with E-state index in [4.69, 9.17) is 5.53 Å². The lowest BCUT2D eigenvalue weighted by Crippen LogP contribution is -2.01. The van der Waals surface area contributed by atoms with Crippen LogP contribution in [0.5, 0.6) is 0 Å². The number of hydrogen-bond acceptors (Lipinski definition) is 3. The second kappa shape index (κ2) is 13.1. The molecule has 0 heterocycles. The van der Waals surface area contributed by atoms with Crippen LogP contribution in [0.2, 0.25) is 0 Å². The number of rotatable bonds is 13. The Hall–Kier alpha value is -1.35. The van der Waals surface area contributed by atoms with Gasteiger partial charge in [-0.2, -0.15) is 0 Å². The fourth-order valence-corrected chi connectivity index (χ4v) is 1.87. The smallest absolute Gasteiger partial charge is 0.133 e. The molecule has 0 aromatic carbocycles. The highest BCUT2D eigenvalue weighted by Gasteiger charge is 2.03. The summed E-state index contributed by atoms with van der Waals surface area (Å²) in [5.41, 5.74) is 8.09. The molecule has 0 amide bonds. The van der Waals surface area contributed by atoms with Gasteiger partial charge < -0.3 is 4.79 Å². The third kappa shape index (κ3) is 14.6. The average Bonchev–Trinajstić information content (AvgIpc) is 2.38. The molecule has 0 aliphatic rings. The SMILES string of the molecule is CC(=O)CCC(=O)CCCCCCCCCN=[N+]=[N-]. The number of carbonyl (C=O) groups is 2. The molecule has 5 heteroatoms. The maximum atomic E-state index is 11.4. The van der Waals surface area contributed by atoms with E-state index >= 15 is 0 Å². The highest BCUT2D eigenvalue weighted by molar-refractivity contribution is 5.84. The maximum Gasteiger partial charge on any atom is 0.133 e. The Balaban J connectivity index is 3.20. The Bertz CT molecular complexity index is 310. The zero-order valence-corrected chi connectivity index (χ0v) is 11.9. The third-order valence-electron chi connectivity index (χ3n) is 3.03. The van der Waals surface area contributed by atoms with Crippen LogP contribution in [0.3, 0.4) is 0 Å². The molecule has 0 fully saturated rings. The van der Waals surface area contributed by atoms with Crippen molar-refractivity contribution in [3.8, 4) is 0 Å². The standard InChI is InChI=1S/C14H25N3O2/c1-13(18)10-11-14(19)9-7-5-3-2-4-6-8-12-16-17-15/h2-12H2,1H3. The van der Waals surface area contributed by atoms with Crippen LogP contribution in [-0.2, 0) is 9.59 Å². The van der Waals surface area contributed by atoms with E-state index in [1.165, 1.54) is 19.8 Å². The van der Waals surface area contributed by atoms with Gasteiger partial charge >= 0.3 is 0 Å². The minimum absolute atomic E-state index is 0.0917. The summed E-state index contributed by atoms with van der Waals surface area (Å²) in [6.45, 7) is 2.12. The van der Waals surface area contributed by atoms with Crippen molar-refractivity contribution in [3.05, 3.63) is 10.4 Å². The van der Waals surface area contributed by atoms with Gasteiger partial charge in [0, 0.05) is 30.7 Å². The predicted octanol–water partition coefficient (Wildman–Crippen LogP) is 4.36. The molecule has 0 spiro atoms. The number of ketones is 2. The summed E-state index contributed by atoms with van der Waals surface area (Å²) in [5, 5.41) is 3.49. The van der Waals surface area contributed by atoms with Crippen molar-refractivity contribution in [1.29, 1.82) is 0 Å². The van der Waals surface area contributed by atoms with Gasteiger partial charge in [-0.15, -0.1) is 0 Å². The Morgan fingerprint density at radius 3 is 2.05 bits per heavy atom. The molecular formula is C14H25N3O2.